The van der Waals surface area contributed by atoms with E-state index in [1.54, 1.807) is 23.1 Å². The average molecular weight is 325 g/mol. The molecule has 0 atom stereocenters. The minimum atomic E-state index is -0.885. The van der Waals surface area contributed by atoms with Gasteiger partial charge in [-0.15, -0.1) is 0 Å². The average Bonchev–Trinajstić information content (AvgIpc) is 2.61. The van der Waals surface area contributed by atoms with Crippen LogP contribution in [0.1, 0.15) is 16.7 Å². The van der Waals surface area contributed by atoms with E-state index in [9.17, 15) is 13.6 Å². The molecule has 3 rings (SSSR count). The van der Waals surface area contributed by atoms with Crippen LogP contribution in [0.4, 0.5) is 8.78 Å². The van der Waals surface area contributed by atoms with E-state index in [1.807, 2.05) is 18.2 Å². The SMILES string of the molecule is O=C(/C=C/C=C/c1ccc(F)c(F)c1)N1CCc2ccccc2C1. The normalized spacial score (nSPS) is 14.3. The molecule has 0 spiro atoms. The zero-order valence-corrected chi connectivity index (χ0v) is 13.1. The molecule has 1 amide bonds. The van der Waals surface area contributed by atoms with Gasteiger partial charge in [0.25, 0.3) is 0 Å². The Morgan fingerprint density at radius 2 is 1.79 bits per heavy atom. The van der Waals surface area contributed by atoms with Crippen molar-refractivity contribution >= 4 is 12.0 Å². The molecule has 0 radical (unpaired) electrons. The summed E-state index contributed by atoms with van der Waals surface area (Å²) in [6.45, 7) is 1.32. The molecular weight excluding hydrogens is 308 g/mol. The van der Waals surface area contributed by atoms with Crippen molar-refractivity contribution in [3.63, 3.8) is 0 Å². The molecule has 0 saturated heterocycles. The van der Waals surface area contributed by atoms with Crippen molar-refractivity contribution in [2.75, 3.05) is 6.54 Å². The molecule has 1 aliphatic heterocycles. The number of carbonyl (C=O) groups is 1. The van der Waals surface area contributed by atoms with E-state index in [1.165, 1.54) is 23.3 Å². The van der Waals surface area contributed by atoms with Crippen LogP contribution in [-0.4, -0.2) is 17.4 Å². The highest BCUT2D eigenvalue weighted by Crippen LogP contribution is 2.18. The molecule has 4 heteroatoms. The molecule has 2 nitrogen and oxygen atoms in total. The van der Waals surface area contributed by atoms with Crippen molar-refractivity contribution in [3.8, 4) is 0 Å². The molecule has 1 heterocycles. The Bertz CT molecular complexity index is 811. The van der Waals surface area contributed by atoms with Crippen molar-refractivity contribution in [3.05, 3.63) is 89.0 Å². The summed E-state index contributed by atoms with van der Waals surface area (Å²) in [5.74, 6) is -1.81. The smallest absolute Gasteiger partial charge is 0.246 e. The Hall–Kier alpha value is -2.75. The van der Waals surface area contributed by atoms with Crippen LogP contribution in [0.15, 0.2) is 60.7 Å². The first-order chi connectivity index (χ1) is 11.6. The van der Waals surface area contributed by atoms with Crippen molar-refractivity contribution in [1.82, 2.24) is 4.90 Å². The number of hydrogen-bond acceptors (Lipinski definition) is 1. The second-order valence-electron chi connectivity index (χ2n) is 5.67. The van der Waals surface area contributed by atoms with Crippen LogP contribution < -0.4 is 0 Å². The van der Waals surface area contributed by atoms with Crippen LogP contribution >= 0.6 is 0 Å². The lowest BCUT2D eigenvalue weighted by molar-refractivity contribution is -0.126. The summed E-state index contributed by atoms with van der Waals surface area (Å²) in [5, 5.41) is 0. The van der Waals surface area contributed by atoms with E-state index in [0.717, 1.165) is 18.6 Å². The second kappa shape index (κ2) is 7.21. The highest BCUT2D eigenvalue weighted by molar-refractivity contribution is 5.88. The fourth-order valence-corrected chi connectivity index (χ4v) is 2.71. The van der Waals surface area contributed by atoms with Crippen LogP contribution in [0, 0.1) is 11.6 Å². The van der Waals surface area contributed by atoms with Crippen molar-refractivity contribution < 1.29 is 13.6 Å². The molecule has 2 aromatic carbocycles. The lowest BCUT2D eigenvalue weighted by Gasteiger charge is -2.27. The summed E-state index contributed by atoms with van der Waals surface area (Å²) in [7, 11) is 0. The van der Waals surface area contributed by atoms with Gasteiger partial charge < -0.3 is 4.90 Å². The largest absolute Gasteiger partial charge is 0.334 e. The Labute approximate surface area is 139 Å². The van der Waals surface area contributed by atoms with Gasteiger partial charge in [0.2, 0.25) is 5.91 Å². The molecule has 122 valence electrons. The fourth-order valence-electron chi connectivity index (χ4n) is 2.71. The van der Waals surface area contributed by atoms with Crippen LogP contribution in [0.5, 0.6) is 0 Å². The summed E-state index contributed by atoms with van der Waals surface area (Å²) in [6.07, 6.45) is 7.23. The number of fused-ring (bicyclic) bond motifs is 1. The van der Waals surface area contributed by atoms with E-state index in [-0.39, 0.29) is 5.91 Å². The number of halogens is 2. The molecule has 0 aliphatic carbocycles. The second-order valence-corrected chi connectivity index (χ2v) is 5.67. The highest BCUT2D eigenvalue weighted by Gasteiger charge is 2.18. The lowest BCUT2D eigenvalue weighted by Crippen LogP contribution is -2.34. The van der Waals surface area contributed by atoms with Crippen molar-refractivity contribution in [2.45, 2.75) is 13.0 Å². The van der Waals surface area contributed by atoms with Gasteiger partial charge in [-0.2, -0.15) is 0 Å². The highest BCUT2D eigenvalue weighted by atomic mass is 19.2. The molecule has 0 N–H and O–H groups in total. The molecule has 1 aliphatic rings. The first-order valence-electron chi connectivity index (χ1n) is 7.79. The molecule has 0 saturated carbocycles. The molecule has 0 unspecified atom stereocenters. The van der Waals surface area contributed by atoms with E-state index in [4.69, 9.17) is 0 Å². The number of benzene rings is 2. The fraction of sp³-hybridized carbons (Fsp3) is 0.150. The molecule has 2 aromatic rings. The van der Waals surface area contributed by atoms with Crippen LogP contribution in [-0.2, 0) is 17.8 Å². The number of carbonyl (C=O) groups excluding carboxylic acids is 1. The Morgan fingerprint density at radius 1 is 1.00 bits per heavy atom. The zero-order chi connectivity index (χ0) is 16.9. The van der Waals surface area contributed by atoms with Gasteiger partial charge in [-0.25, -0.2) is 8.78 Å². The third-order valence-electron chi connectivity index (χ3n) is 4.02. The number of hydrogen-bond donors (Lipinski definition) is 0. The summed E-state index contributed by atoms with van der Waals surface area (Å²) in [6, 6.07) is 11.8. The van der Waals surface area contributed by atoms with Crippen LogP contribution in [0.25, 0.3) is 6.08 Å². The summed E-state index contributed by atoms with van der Waals surface area (Å²) < 4.78 is 25.9. The van der Waals surface area contributed by atoms with Gasteiger partial charge in [0, 0.05) is 19.2 Å². The first kappa shape index (κ1) is 16.1. The molecular formula is C20H17F2NO. The first-order valence-corrected chi connectivity index (χ1v) is 7.79. The standard InChI is InChI=1S/C20H17F2NO/c21-18-10-9-15(13-19(18)22)5-1-4-8-20(24)23-12-11-16-6-2-3-7-17(16)14-23/h1-10,13H,11-12,14H2/b5-1+,8-4+. The minimum absolute atomic E-state index is 0.0561. The van der Waals surface area contributed by atoms with Crippen LogP contribution in [0.2, 0.25) is 0 Å². The topological polar surface area (TPSA) is 20.3 Å². The molecule has 0 fully saturated rings. The third-order valence-corrected chi connectivity index (χ3v) is 4.02. The summed E-state index contributed by atoms with van der Waals surface area (Å²) in [4.78, 5) is 14.0. The molecule has 0 bridgehead atoms. The van der Waals surface area contributed by atoms with Gasteiger partial charge in [0.15, 0.2) is 11.6 Å². The number of nitrogens with zero attached hydrogens (tertiary/aromatic N) is 1. The Kier molecular flexibility index (Phi) is 4.85. The maximum absolute atomic E-state index is 13.1. The maximum atomic E-state index is 13.1. The van der Waals surface area contributed by atoms with Gasteiger partial charge in [0.05, 0.1) is 0 Å². The van der Waals surface area contributed by atoms with E-state index >= 15 is 0 Å². The third kappa shape index (κ3) is 3.77. The van der Waals surface area contributed by atoms with E-state index in [2.05, 4.69) is 6.07 Å². The van der Waals surface area contributed by atoms with E-state index < -0.39 is 11.6 Å². The summed E-state index contributed by atoms with van der Waals surface area (Å²) >= 11 is 0. The predicted molar refractivity (Wildman–Crippen MR) is 90.1 cm³/mol. The number of rotatable bonds is 3. The quantitative estimate of drug-likeness (QED) is 0.614. The predicted octanol–water partition coefficient (Wildman–Crippen LogP) is 4.12. The van der Waals surface area contributed by atoms with Crippen molar-refractivity contribution in [2.24, 2.45) is 0 Å². The Balaban J connectivity index is 1.60. The van der Waals surface area contributed by atoms with Gasteiger partial charge in [-0.3, -0.25) is 4.79 Å². The zero-order valence-electron chi connectivity index (χ0n) is 13.1. The minimum Gasteiger partial charge on any atom is -0.334 e. The van der Waals surface area contributed by atoms with E-state index in [0.29, 0.717) is 18.7 Å². The van der Waals surface area contributed by atoms with Gasteiger partial charge in [0.1, 0.15) is 0 Å². The van der Waals surface area contributed by atoms with Gasteiger partial charge in [-0.05, 0) is 35.2 Å². The Morgan fingerprint density at radius 3 is 2.58 bits per heavy atom. The molecule has 24 heavy (non-hydrogen) atoms. The summed E-state index contributed by atoms with van der Waals surface area (Å²) in [5.41, 5.74) is 3.02. The number of allylic oxidation sites excluding steroid dienone is 2. The molecule has 0 aromatic heterocycles. The van der Waals surface area contributed by atoms with Crippen molar-refractivity contribution in [1.29, 1.82) is 0 Å². The van der Waals surface area contributed by atoms with Crippen LogP contribution in [0.3, 0.4) is 0 Å². The number of amides is 1. The van der Waals surface area contributed by atoms with Gasteiger partial charge >= 0.3 is 0 Å². The maximum Gasteiger partial charge on any atom is 0.246 e. The lowest BCUT2D eigenvalue weighted by atomic mass is 10.00. The monoisotopic (exact) mass is 325 g/mol. The van der Waals surface area contributed by atoms with Gasteiger partial charge in [-0.1, -0.05) is 48.6 Å².